The quantitative estimate of drug-likeness (QED) is 0.614. The Morgan fingerprint density at radius 3 is 2.61 bits per heavy atom. The number of benzene rings is 1. The third-order valence-electron chi connectivity index (χ3n) is 5.92. The molecule has 1 atom stereocenters. The molecule has 1 fully saturated rings. The first-order valence-electron chi connectivity index (χ1n) is 9.48. The van der Waals surface area contributed by atoms with Gasteiger partial charge in [-0.1, -0.05) is 27.5 Å². The summed E-state index contributed by atoms with van der Waals surface area (Å²) in [5.74, 6) is 0.359. The van der Waals surface area contributed by atoms with Crippen molar-refractivity contribution >= 4 is 49.4 Å². The molecule has 0 spiro atoms. The van der Waals surface area contributed by atoms with Crippen LogP contribution in [0, 0.1) is 5.92 Å². The van der Waals surface area contributed by atoms with E-state index in [4.69, 9.17) is 21.7 Å². The first kappa shape index (κ1) is 20.3. The summed E-state index contributed by atoms with van der Waals surface area (Å²) in [7, 11) is 0. The molecule has 2 aromatic rings. The highest BCUT2D eigenvalue weighted by Gasteiger charge is 2.36. The van der Waals surface area contributed by atoms with Crippen LogP contribution in [0.5, 0.6) is 0 Å². The number of aliphatic hydroxyl groups excluding tert-OH is 1. The number of pyridine rings is 1. The molecular weight excluding hydrogens is 508 g/mol. The third-order valence-corrected chi connectivity index (χ3v) is 7.22. The van der Waals surface area contributed by atoms with E-state index in [-0.39, 0.29) is 11.8 Å². The van der Waals surface area contributed by atoms with E-state index in [9.17, 15) is 4.79 Å². The number of aryl methyl sites for hydroxylation is 2. The zero-order valence-electron chi connectivity index (χ0n) is 15.3. The number of fused-ring (bicyclic) bond motifs is 2. The van der Waals surface area contributed by atoms with Gasteiger partial charge in [-0.05, 0) is 82.4 Å². The molecule has 28 heavy (non-hydrogen) atoms. The van der Waals surface area contributed by atoms with Gasteiger partial charge in [0.1, 0.15) is 6.61 Å². The number of hydrogen-bond donors (Lipinski definition) is 1. The molecule has 0 bridgehead atoms. The Balaban J connectivity index is 1.76. The summed E-state index contributed by atoms with van der Waals surface area (Å²) in [6.07, 6.45) is 5.52. The highest BCUT2D eigenvalue weighted by molar-refractivity contribution is 9.10. The molecule has 4 rings (SSSR count). The predicted molar refractivity (Wildman–Crippen MR) is 117 cm³/mol. The van der Waals surface area contributed by atoms with E-state index < -0.39 is 6.61 Å². The molecule has 2 aliphatic rings. The molecule has 1 aliphatic heterocycles. The molecule has 4 nitrogen and oxygen atoms in total. The summed E-state index contributed by atoms with van der Waals surface area (Å²) >= 11 is 13.7. The maximum atomic E-state index is 11.9. The maximum absolute atomic E-state index is 11.9. The number of rotatable bonds is 2. The minimum absolute atomic E-state index is 0.165. The number of piperidine rings is 1. The van der Waals surface area contributed by atoms with Crippen LogP contribution >= 0.6 is 43.5 Å². The van der Waals surface area contributed by atoms with E-state index >= 15 is 0 Å². The zero-order chi connectivity index (χ0) is 19.8. The summed E-state index contributed by atoms with van der Waals surface area (Å²) in [6.45, 7) is 0.930. The number of aromatic nitrogens is 1. The summed E-state index contributed by atoms with van der Waals surface area (Å²) in [5.41, 5.74) is 4.96. The Kier molecular flexibility index (Phi) is 6.12. The normalized spacial score (nSPS) is 19.7. The van der Waals surface area contributed by atoms with Crippen LogP contribution in [0.1, 0.15) is 41.1 Å². The number of aliphatic hydroxyl groups is 1. The van der Waals surface area contributed by atoms with Crippen molar-refractivity contribution in [2.75, 3.05) is 19.7 Å². The number of amides is 1. The van der Waals surface area contributed by atoms with Gasteiger partial charge in [-0.15, -0.1) is 0 Å². The smallest absolute Gasteiger partial charge is 0.248 e. The van der Waals surface area contributed by atoms with Crippen molar-refractivity contribution in [1.82, 2.24) is 9.88 Å². The van der Waals surface area contributed by atoms with Gasteiger partial charge in [0.15, 0.2) is 0 Å². The van der Waals surface area contributed by atoms with Crippen molar-refractivity contribution < 1.29 is 9.90 Å². The lowest BCUT2D eigenvalue weighted by Gasteiger charge is -2.37. The average Bonchev–Trinajstić information content (AvgIpc) is 2.84. The zero-order valence-corrected chi connectivity index (χ0v) is 19.2. The number of likely N-dealkylation sites (tertiary alicyclic amines) is 1. The Bertz CT molecular complexity index is 914. The van der Waals surface area contributed by atoms with Crippen LogP contribution in [0.4, 0.5) is 0 Å². The van der Waals surface area contributed by atoms with E-state index in [1.54, 1.807) is 4.90 Å². The molecule has 1 aliphatic carbocycles. The van der Waals surface area contributed by atoms with E-state index in [1.165, 1.54) is 16.7 Å². The molecule has 1 saturated heterocycles. The van der Waals surface area contributed by atoms with Gasteiger partial charge < -0.3 is 10.0 Å². The summed E-state index contributed by atoms with van der Waals surface area (Å²) in [6, 6.07) is 6.24. The fourth-order valence-corrected chi connectivity index (χ4v) is 6.11. The van der Waals surface area contributed by atoms with Crippen LogP contribution in [0.15, 0.2) is 33.3 Å². The van der Waals surface area contributed by atoms with Gasteiger partial charge in [-0.2, -0.15) is 0 Å². The third kappa shape index (κ3) is 3.89. The molecule has 0 radical (unpaired) electrons. The molecule has 1 aromatic heterocycles. The van der Waals surface area contributed by atoms with E-state index in [1.807, 2.05) is 12.3 Å². The lowest BCUT2D eigenvalue weighted by atomic mass is 9.76. The number of carbonyl (C=O) groups excluding carboxylic acids is 1. The highest BCUT2D eigenvalue weighted by Crippen LogP contribution is 2.46. The lowest BCUT2D eigenvalue weighted by Crippen LogP contribution is -2.41. The standard InChI is InChI=1S/C21H21Br2ClN2O2/c22-15-7-14-2-1-13-8-16(24)9-17(23)19(13)20(21(14)25-10-15)12-3-5-26(6-4-12)18(28)11-27/h7-10,12,20,27H,1-6,11H2/t20-/m1/s1. The van der Waals surface area contributed by atoms with Crippen LogP contribution in [0.3, 0.4) is 0 Å². The highest BCUT2D eigenvalue weighted by atomic mass is 79.9. The molecular formula is C21H21Br2ClN2O2. The molecule has 0 unspecified atom stereocenters. The Morgan fingerprint density at radius 1 is 1.18 bits per heavy atom. The first-order valence-corrected chi connectivity index (χ1v) is 11.4. The number of halogens is 3. The van der Waals surface area contributed by atoms with Gasteiger partial charge in [0.25, 0.3) is 0 Å². The topological polar surface area (TPSA) is 53.4 Å². The van der Waals surface area contributed by atoms with Gasteiger partial charge in [0, 0.05) is 39.2 Å². The summed E-state index contributed by atoms with van der Waals surface area (Å²) in [5, 5.41) is 9.91. The number of carbonyl (C=O) groups is 1. The van der Waals surface area contributed by atoms with Crippen molar-refractivity contribution in [3.63, 3.8) is 0 Å². The SMILES string of the molecule is O=C(CO)N1CCC([C@H]2c3ncc(Br)cc3CCc3cc(Cl)cc(Br)c32)CC1. The van der Waals surface area contributed by atoms with Gasteiger partial charge in [-0.25, -0.2) is 0 Å². The molecule has 1 aromatic carbocycles. The van der Waals surface area contributed by atoms with Crippen LogP contribution in [0.25, 0.3) is 0 Å². The second-order valence-corrected chi connectivity index (χ2v) is 9.72. The fourth-order valence-electron chi connectivity index (χ4n) is 4.61. The van der Waals surface area contributed by atoms with Crippen LogP contribution < -0.4 is 0 Å². The predicted octanol–water partition coefficient (Wildman–Crippen LogP) is 4.72. The largest absolute Gasteiger partial charge is 0.387 e. The summed E-state index contributed by atoms with van der Waals surface area (Å²) < 4.78 is 2.03. The number of nitrogens with zero attached hydrogens (tertiary/aromatic N) is 2. The number of hydrogen-bond acceptors (Lipinski definition) is 3. The van der Waals surface area contributed by atoms with Gasteiger partial charge >= 0.3 is 0 Å². The van der Waals surface area contributed by atoms with E-state index in [0.29, 0.717) is 19.0 Å². The first-order chi connectivity index (χ1) is 13.5. The average molecular weight is 529 g/mol. The van der Waals surface area contributed by atoms with Crippen LogP contribution in [-0.4, -0.2) is 40.6 Å². The van der Waals surface area contributed by atoms with Crippen molar-refractivity contribution in [2.45, 2.75) is 31.6 Å². The molecule has 148 valence electrons. The molecule has 2 heterocycles. The fraction of sp³-hybridized carbons (Fsp3) is 0.429. The molecule has 0 saturated carbocycles. The Labute approximate surface area is 186 Å². The molecule has 1 amide bonds. The second-order valence-electron chi connectivity index (χ2n) is 7.51. The van der Waals surface area contributed by atoms with E-state index in [2.05, 4.69) is 44.0 Å². The van der Waals surface area contributed by atoms with Crippen molar-refractivity contribution in [3.05, 3.63) is 60.7 Å². The van der Waals surface area contributed by atoms with Gasteiger partial charge in [-0.3, -0.25) is 9.78 Å². The maximum Gasteiger partial charge on any atom is 0.248 e. The molecule has 7 heteroatoms. The van der Waals surface area contributed by atoms with Crippen molar-refractivity contribution in [2.24, 2.45) is 5.92 Å². The molecule has 1 N–H and O–H groups in total. The van der Waals surface area contributed by atoms with Crippen molar-refractivity contribution in [1.29, 1.82) is 0 Å². The van der Waals surface area contributed by atoms with Crippen molar-refractivity contribution in [3.8, 4) is 0 Å². The van der Waals surface area contributed by atoms with Gasteiger partial charge in [0.2, 0.25) is 5.91 Å². The Morgan fingerprint density at radius 2 is 1.89 bits per heavy atom. The Hall–Kier alpha value is -0.950. The lowest BCUT2D eigenvalue weighted by molar-refractivity contribution is -0.135. The van der Waals surface area contributed by atoms with Crippen LogP contribution in [-0.2, 0) is 17.6 Å². The summed E-state index contributed by atoms with van der Waals surface area (Å²) in [4.78, 5) is 18.5. The van der Waals surface area contributed by atoms with Gasteiger partial charge in [0.05, 0.1) is 5.69 Å². The van der Waals surface area contributed by atoms with E-state index in [0.717, 1.165) is 45.3 Å². The minimum Gasteiger partial charge on any atom is -0.387 e. The van der Waals surface area contributed by atoms with Crippen LogP contribution in [0.2, 0.25) is 5.02 Å². The minimum atomic E-state index is -0.417. The monoisotopic (exact) mass is 526 g/mol. The second kappa shape index (κ2) is 8.42.